The van der Waals surface area contributed by atoms with Crippen molar-refractivity contribution in [2.24, 2.45) is 0 Å². The summed E-state index contributed by atoms with van der Waals surface area (Å²) in [4.78, 5) is 1.14. The minimum absolute atomic E-state index is 1.14. The molecular formula is C9H6IS. The predicted octanol–water partition coefficient (Wildman–Crippen LogP) is 3.69. The lowest BCUT2D eigenvalue weighted by Gasteiger charge is -1.89. The van der Waals surface area contributed by atoms with Crippen LogP contribution in [0.15, 0.2) is 24.3 Å². The summed E-state index contributed by atoms with van der Waals surface area (Å²) in [7, 11) is 0. The third-order valence-electron chi connectivity index (χ3n) is 1.55. The van der Waals surface area contributed by atoms with Crippen molar-refractivity contribution >= 4 is 44.0 Å². The van der Waals surface area contributed by atoms with E-state index in [9.17, 15) is 0 Å². The molecule has 1 heterocycles. The minimum atomic E-state index is 1.14. The molecule has 0 N–H and O–H groups in total. The first-order chi connectivity index (χ1) is 5.27. The molecule has 2 heteroatoms. The molecule has 1 aromatic carbocycles. The predicted molar refractivity (Wildman–Crippen MR) is 59.0 cm³/mol. The molecule has 0 amide bonds. The van der Waals surface area contributed by atoms with Crippen molar-refractivity contribution in [3.63, 3.8) is 0 Å². The molecule has 0 bridgehead atoms. The molecule has 2 rings (SSSR count). The number of fused-ring (bicyclic) bond motifs is 1. The summed E-state index contributed by atoms with van der Waals surface area (Å²) in [5, 5.41) is 1.31. The van der Waals surface area contributed by atoms with Gasteiger partial charge in [0, 0.05) is 13.1 Å². The highest BCUT2D eigenvalue weighted by molar-refractivity contribution is 14.1. The van der Waals surface area contributed by atoms with E-state index in [1.807, 2.05) is 0 Å². The zero-order valence-corrected chi connectivity index (χ0v) is 8.78. The quantitative estimate of drug-likeness (QED) is 0.642. The van der Waals surface area contributed by atoms with Gasteiger partial charge < -0.3 is 0 Å². The summed E-state index contributed by atoms with van der Waals surface area (Å²) in [6, 6.07) is 8.46. The Morgan fingerprint density at radius 2 is 2.18 bits per heavy atom. The summed E-state index contributed by atoms with van der Waals surface area (Å²) in [6.07, 6.45) is 0. The van der Waals surface area contributed by atoms with Crippen LogP contribution in [-0.2, 0) is 0 Å². The van der Waals surface area contributed by atoms with Gasteiger partial charge in [0.2, 0.25) is 0 Å². The van der Waals surface area contributed by atoms with Crippen LogP contribution in [0.25, 0.3) is 10.1 Å². The van der Waals surface area contributed by atoms with Crippen molar-refractivity contribution in [1.82, 2.24) is 0 Å². The Morgan fingerprint density at radius 3 is 2.91 bits per heavy atom. The van der Waals surface area contributed by atoms with Gasteiger partial charge in [-0.05, 0) is 47.0 Å². The van der Waals surface area contributed by atoms with Crippen molar-refractivity contribution < 1.29 is 0 Å². The first kappa shape index (κ1) is 7.55. The van der Waals surface area contributed by atoms with Crippen LogP contribution in [-0.4, -0.2) is 0 Å². The highest BCUT2D eigenvalue weighted by atomic mass is 127. The van der Waals surface area contributed by atoms with Gasteiger partial charge in [-0.3, -0.25) is 0 Å². The van der Waals surface area contributed by atoms with Gasteiger partial charge >= 0.3 is 0 Å². The first-order valence-corrected chi connectivity index (χ1v) is 5.17. The fourth-order valence-corrected chi connectivity index (χ4v) is 2.79. The Labute approximate surface area is 83.4 Å². The van der Waals surface area contributed by atoms with Gasteiger partial charge in [0.15, 0.2) is 0 Å². The van der Waals surface area contributed by atoms with Crippen molar-refractivity contribution in [1.29, 1.82) is 0 Å². The number of benzene rings is 1. The van der Waals surface area contributed by atoms with E-state index in [0.29, 0.717) is 0 Å². The number of halogens is 1. The normalized spacial score (nSPS) is 10.7. The van der Waals surface area contributed by atoms with E-state index in [-0.39, 0.29) is 0 Å². The van der Waals surface area contributed by atoms with Crippen LogP contribution in [0.4, 0.5) is 0 Å². The second-order valence-corrected chi connectivity index (χ2v) is 4.67. The molecule has 0 nitrogen and oxygen atoms in total. The van der Waals surface area contributed by atoms with Crippen LogP contribution in [0.5, 0.6) is 0 Å². The lowest BCUT2D eigenvalue weighted by Crippen LogP contribution is -1.66. The zero-order chi connectivity index (χ0) is 7.84. The second kappa shape index (κ2) is 2.75. The van der Waals surface area contributed by atoms with Gasteiger partial charge in [-0.2, -0.15) is 0 Å². The van der Waals surface area contributed by atoms with E-state index >= 15 is 0 Å². The summed E-state index contributed by atoms with van der Waals surface area (Å²) in [5.74, 6) is 0. The second-order valence-electron chi connectivity index (χ2n) is 2.37. The molecule has 0 aliphatic heterocycles. The van der Waals surface area contributed by atoms with E-state index in [0.717, 1.165) is 4.88 Å². The van der Waals surface area contributed by atoms with Crippen molar-refractivity contribution in [2.45, 2.75) is 0 Å². The van der Waals surface area contributed by atoms with E-state index < -0.39 is 0 Å². The molecule has 11 heavy (non-hydrogen) atoms. The van der Waals surface area contributed by atoms with Gasteiger partial charge in [-0.25, -0.2) is 0 Å². The van der Waals surface area contributed by atoms with Crippen molar-refractivity contribution in [3.8, 4) is 0 Å². The number of rotatable bonds is 0. The number of thiophene rings is 1. The highest BCUT2D eigenvalue weighted by Gasteiger charge is 1.99. The third-order valence-corrected chi connectivity index (χ3v) is 3.85. The fraction of sp³-hybridized carbons (Fsp3) is 0. The molecule has 0 aliphatic carbocycles. The molecule has 55 valence electrons. The molecule has 0 spiro atoms. The molecule has 1 aromatic heterocycles. The molecule has 0 aliphatic rings. The Morgan fingerprint density at radius 1 is 1.36 bits per heavy atom. The van der Waals surface area contributed by atoms with Crippen LogP contribution in [0.3, 0.4) is 0 Å². The Kier molecular flexibility index (Phi) is 1.89. The molecule has 0 saturated carbocycles. The maximum Gasteiger partial charge on any atom is 0.0479 e. The molecule has 0 fully saturated rings. The SMILES string of the molecule is [CH2]c1cc2cccc(I)c2s1. The fourth-order valence-electron chi connectivity index (χ4n) is 1.08. The van der Waals surface area contributed by atoms with Gasteiger partial charge in [0.05, 0.1) is 0 Å². The average molecular weight is 273 g/mol. The Bertz CT molecular complexity index is 389. The average Bonchev–Trinajstić information content (AvgIpc) is 2.31. The van der Waals surface area contributed by atoms with Crippen LogP contribution >= 0.6 is 33.9 Å². The van der Waals surface area contributed by atoms with Crippen LogP contribution < -0.4 is 0 Å². The molecule has 0 unspecified atom stereocenters. The van der Waals surface area contributed by atoms with Crippen LogP contribution in [0.1, 0.15) is 4.88 Å². The molecular weight excluding hydrogens is 267 g/mol. The number of hydrogen-bond acceptors (Lipinski definition) is 1. The van der Waals surface area contributed by atoms with E-state index in [1.165, 1.54) is 13.7 Å². The highest BCUT2D eigenvalue weighted by Crippen LogP contribution is 2.28. The Hall–Kier alpha value is -0.0900. The molecule has 1 radical (unpaired) electrons. The van der Waals surface area contributed by atoms with Gasteiger partial charge in [-0.1, -0.05) is 12.1 Å². The smallest absolute Gasteiger partial charge is 0.0479 e. The number of hydrogen-bond donors (Lipinski definition) is 0. The van der Waals surface area contributed by atoms with Gasteiger partial charge in [0.1, 0.15) is 0 Å². The maximum atomic E-state index is 3.91. The van der Waals surface area contributed by atoms with Crippen molar-refractivity contribution in [2.75, 3.05) is 0 Å². The van der Waals surface area contributed by atoms with Crippen molar-refractivity contribution in [3.05, 3.63) is 39.6 Å². The Balaban J connectivity index is 2.90. The van der Waals surface area contributed by atoms with Gasteiger partial charge in [0.25, 0.3) is 0 Å². The topological polar surface area (TPSA) is 0 Å². The summed E-state index contributed by atoms with van der Waals surface area (Å²) in [6.45, 7) is 3.91. The molecule has 0 atom stereocenters. The monoisotopic (exact) mass is 273 g/mol. The summed E-state index contributed by atoms with van der Waals surface area (Å²) >= 11 is 4.11. The maximum absolute atomic E-state index is 3.91. The van der Waals surface area contributed by atoms with E-state index in [4.69, 9.17) is 0 Å². The minimum Gasteiger partial charge on any atom is -0.139 e. The summed E-state index contributed by atoms with van der Waals surface area (Å²) in [5.41, 5.74) is 0. The largest absolute Gasteiger partial charge is 0.139 e. The molecule has 2 aromatic rings. The molecule has 0 saturated heterocycles. The summed E-state index contributed by atoms with van der Waals surface area (Å²) < 4.78 is 2.68. The lowest BCUT2D eigenvalue weighted by molar-refractivity contribution is 1.79. The third kappa shape index (κ3) is 1.29. The lowest BCUT2D eigenvalue weighted by atomic mass is 10.2. The van der Waals surface area contributed by atoms with E-state index in [1.54, 1.807) is 11.3 Å². The van der Waals surface area contributed by atoms with E-state index in [2.05, 4.69) is 53.8 Å². The van der Waals surface area contributed by atoms with Crippen LogP contribution in [0.2, 0.25) is 0 Å². The zero-order valence-electron chi connectivity index (χ0n) is 5.80. The van der Waals surface area contributed by atoms with Gasteiger partial charge in [-0.15, -0.1) is 11.3 Å². The van der Waals surface area contributed by atoms with Crippen LogP contribution in [0, 0.1) is 10.5 Å². The first-order valence-electron chi connectivity index (χ1n) is 3.27. The standard InChI is InChI=1S/C9H6IS/c1-6-5-7-3-2-4-8(10)9(7)11-6/h2-5H,1H2.